The highest BCUT2D eigenvalue weighted by Gasteiger charge is 2.50. The molecule has 0 aromatic rings. The van der Waals surface area contributed by atoms with Crippen LogP contribution < -0.4 is 0 Å². The number of methoxy groups -OCH3 is 1. The van der Waals surface area contributed by atoms with E-state index < -0.39 is 11.5 Å². The molecular formula is C11H19NO3. The molecule has 15 heavy (non-hydrogen) atoms. The Balaban J connectivity index is 2.14. The van der Waals surface area contributed by atoms with E-state index >= 15 is 0 Å². The van der Waals surface area contributed by atoms with Crippen molar-refractivity contribution >= 4 is 5.97 Å². The van der Waals surface area contributed by atoms with Gasteiger partial charge < -0.3 is 14.7 Å². The van der Waals surface area contributed by atoms with Gasteiger partial charge in [0.25, 0.3) is 0 Å². The fraction of sp³-hybridized carbons (Fsp3) is 0.909. The van der Waals surface area contributed by atoms with E-state index in [4.69, 9.17) is 4.74 Å². The zero-order valence-electron chi connectivity index (χ0n) is 9.40. The number of fused-ring (bicyclic) bond motifs is 2. The minimum Gasteiger partial charge on any atom is -0.469 e. The third-order valence-electron chi connectivity index (χ3n) is 4.11. The maximum Gasteiger partial charge on any atom is 0.311 e. The van der Waals surface area contributed by atoms with Crippen molar-refractivity contribution in [1.82, 2.24) is 4.90 Å². The fourth-order valence-electron chi connectivity index (χ4n) is 2.94. The first-order chi connectivity index (χ1) is 7.08. The van der Waals surface area contributed by atoms with Gasteiger partial charge in [0.1, 0.15) is 0 Å². The van der Waals surface area contributed by atoms with E-state index in [9.17, 15) is 9.90 Å². The maximum absolute atomic E-state index is 11.5. The third-order valence-corrected chi connectivity index (χ3v) is 4.11. The smallest absolute Gasteiger partial charge is 0.311 e. The molecule has 2 bridgehead atoms. The summed E-state index contributed by atoms with van der Waals surface area (Å²) < 4.78 is 4.72. The number of rotatable bonds is 2. The van der Waals surface area contributed by atoms with Gasteiger partial charge in [-0.25, -0.2) is 0 Å². The van der Waals surface area contributed by atoms with Crippen LogP contribution in [0.2, 0.25) is 0 Å². The minimum atomic E-state index is -0.847. The lowest BCUT2D eigenvalue weighted by atomic mass is 9.74. The van der Waals surface area contributed by atoms with Crippen LogP contribution in [-0.4, -0.2) is 48.3 Å². The zero-order chi connectivity index (χ0) is 11.1. The van der Waals surface area contributed by atoms with Crippen LogP contribution in [0.15, 0.2) is 0 Å². The molecule has 0 spiro atoms. The molecule has 0 aromatic carbocycles. The summed E-state index contributed by atoms with van der Waals surface area (Å²) >= 11 is 0. The molecule has 4 nitrogen and oxygen atoms in total. The second-order valence-corrected chi connectivity index (χ2v) is 4.77. The number of ether oxygens (including phenoxy) is 1. The first-order valence-corrected chi connectivity index (χ1v) is 5.60. The molecule has 0 amide bonds. The van der Waals surface area contributed by atoms with Gasteiger partial charge in [-0.15, -0.1) is 0 Å². The lowest BCUT2D eigenvalue weighted by Gasteiger charge is -2.41. The van der Waals surface area contributed by atoms with Gasteiger partial charge in [-0.2, -0.15) is 0 Å². The normalized spacial score (nSPS) is 41.3. The number of hydrogen-bond donors (Lipinski definition) is 1. The highest BCUT2D eigenvalue weighted by molar-refractivity contribution is 5.73. The second kappa shape index (κ2) is 3.76. The molecule has 2 heterocycles. The van der Waals surface area contributed by atoms with E-state index in [0.717, 1.165) is 26.1 Å². The molecule has 4 heteroatoms. The summed E-state index contributed by atoms with van der Waals surface area (Å²) in [6.07, 6.45) is 1.69. The predicted octanol–water partition coefficient (Wildman–Crippen LogP) is 0.252. The van der Waals surface area contributed by atoms with Crippen LogP contribution in [0.25, 0.3) is 0 Å². The molecule has 2 aliphatic rings. The van der Waals surface area contributed by atoms with Crippen LogP contribution in [0.1, 0.15) is 19.8 Å². The average molecular weight is 213 g/mol. The van der Waals surface area contributed by atoms with Crippen molar-refractivity contribution in [2.75, 3.05) is 26.7 Å². The second-order valence-electron chi connectivity index (χ2n) is 4.77. The van der Waals surface area contributed by atoms with Crippen LogP contribution in [0, 0.1) is 11.8 Å². The highest BCUT2D eigenvalue weighted by Crippen LogP contribution is 2.40. The van der Waals surface area contributed by atoms with Crippen LogP contribution in [0.3, 0.4) is 0 Å². The van der Waals surface area contributed by atoms with E-state index in [1.165, 1.54) is 7.11 Å². The Kier molecular flexibility index (Phi) is 2.73. The number of esters is 1. The summed E-state index contributed by atoms with van der Waals surface area (Å²) in [5.74, 6) is -0.467. The van der Waals surface area contributed by atoms with Crippen molar-refractivity contribution in [2.24, 2.45) is 11.8 Å². The first kappa shape index (κ1) is 10.9. The molecule has 2 rings (SSSR count). The van der Waals surface area contributed by atoms with Gasteiger partial charge in [0.15, 0.2) is 0 Å². The van der Waals surface area contributed by atoms with Crippen molar-refractivity contribution in [3.63, 3.8) is 0 Å². The molecule has 4 unspecified atom stereocenters. The molecule has 0 aliphatic carbocycles. The molecule has 86 valence electrons. The number of nitrogens with zero attached hydrogens (tertiary/aromatic N) is 1. The van der Waals surface area contributed by atoms with Gasteiger partial charge >= 0.3 is 5.97 Å². The number of aliphatic hydroxyl groups is 1. The molecular weight excluding hydrogens is 194 g/mol. The standard InChI is InChI=1S/C11H19NO3/c1-8(10(13)15-2)11(14)4-6-12-5-3-9(11)7-12/h8-9,14H,3-7H2,1-2H3. The number of carbonyl (C=O) groups excluding carboxylic acids is 1. The Morgan fingerprint density at radius 2 is 2.33 bits per heavy atom. The SMILES string of the molecule is COC(=O)C(C)C1(O)CCN2CCC1C2. The average Bonchev–Trinajstić information content (AvgIpc) is 2.67. The summed E-state index contributed by atoms with van der Waals surface area (Å²) in [5.41, 5.74) is -0.847. The lowest BCUT2D eigenvalue weighted by molar-refractivity contribution is -0.162. The molecule has 2 saturated heterocycles. The van der Waals surface area contributed by atoms with E-state index in [1.807, 2.05) is 0 Å². The Labute approximate surface area is 90.2 Å². The molecule has 2 aliphatic heterocycles. The van der Waals surface area contributed by atoms with Crippen molar-refractivity contribution in [3.05, 3.63) is 0 Å². The van der Waals surface area contributed by atoms with Crippen LogP contribution >= 0.6 is 0 Å². The van der Waals surface area contributed by atoms with Gasteiger partial charge in [-0.1, -0.05) is 0 Å². The molecule has 1 N–H and O–H groups in total. The minimum absolute atomic E-state index is 0.236. The van der Waals surface area contributed by atoms with Crippen molar-refractivity contribution in [1.29, 1.82) is 0 Å². The van der Waals surface area contributed by atoms with Gasteiger partial charge in [-0.3, -0.25) is 4.79 Å². The van der Waals surface area contributed by atoms with Crippen LogP contribution in [0.5, 0.6) is 0 Å². The molecule has 0 saturated carbocycles. The van der Waals surface area contributed by atoms with Crippen LogP contribution in [0.4, 0.5) is 0 Å². The topological polar surface area (TPSA) is 49.8 Å². The van der Waals surface area contributed by atoms with E-state index in [-0.39, 0.29) is 11.9 Å². The summed E-state index contributed by atoms with van der Waals surface area (Å²) in [6.45, 7) is 4.66. The van der Waals surface area contributed by atoms with Gasteiger partial charge in [0, 0.05) is 19.0 Å². The van der Waals surface area contributed by atoms with Gasteiger partial charge in [-0.05, 0) is 26.3 Å². The van der Waals surface area contributed by atoms with Gasteiger partial charge in [0.05, 0.1) is 18.6 Å². The quantitative estimate of drug-likeness (QED) is 0.668. The van der Waals surface area contributed by atoms with E-state index in [1.54, 1.807) is 6.92 Å². The Morgan fingerprint density at radius 1 is 1.60 bits per heavy atom. The Hall–Kier alpha value is -0.610. The lowest BCUT2D eigenvalue weighted by Crippen LogP contribution is -2.53. The maximum atomic E-state index is 11.5. The van der Waals surface area contributed by atoms with E-state index in [0.29, 0.717) is 6.42 Å². The van der Waals surface area contributed by atoms with Crippen LogP contribution in [-0.2, 0) is 9.53 Å². The van der Waals surface area contributed by atoms with Crippen molar-refractivity contribution in [3.8, 4) is 0 Å². The number of piperidine rings is 1. The largest absolute Gasteiger partial charge is 0.469 e. The predicted molar refractivity (Wildman–Crippen MR) is 55.3 cm³/mol. The monoisotopic (exact) mass is 213 g/mol. The molecule has 0 radical (unpaired) electrons. The summed E-state index contributed by atoms with van der Waals surface area (Å²) in [7, 11) is 1.38. The third kappa shape index (κ3) is 1.66. The molecule has 2 fully saturated rings. The highest BCUT2D eigenvalue weighted by atomic mass is 16.5. The Morgan fingerprint density at radius 3 is 3.00 bits per heavy atom. The van der Waals surface area contributed by atoms with E-state index in [2.05, 4.69) is 4.90 Å². The van der Waals surface area contributed by atoms with Gasteiger partial charge in [0.2, 0.25) is 0 Å². The summed E-state index contributed by atoms with van der Waals surface area (Å²) in [6, 6.07) is 0. The zero-order valence-corrected chi connectivity index (χ0v) is 9.40. The van der Waals surface area contributed by atoms with Crippen molar-refractivity contribution in [2.45, 2.75) is 25.4 Å². The Bertz CT molecular complexity index is 269. The first-order valence-electron chi connectivity index (χ1n) is 5.60. The fourth-order valence-corrected chi connectivity index (χ4v) is 2.94. The van der Waals surface area contributed by atoms with Crippen molar-refractivity contribution < 1.29 is 14.6 Å². The number of hydrogen-bond acceptors (Lipinski definition) is 4. The molecule has 4 atom stereocenters. The number of carbonyl (C=O) groups is 1. The summed E-state index contributed by atoms with van der Waals surface area (Å²) in [5, 5.41) is 10.6. The molecule has 0 aromatic heterocycles. The summed E-state index contributed by atoms with van der Waals surface area (Å²) in [4.78, 5) is 13.8.